The number of hydrogen-bond donors (Lipinski definition) is 1. The van der Waals surface area contributed by atoms with Crippen molar-refractivity contribution in [3.63, 3.8) is 0 Å². The molecule has 25 heavy (non-hydrogen) atoms. The number of ether oxygens (including phenoxy) is 1. The molecule has 11 heteroatoms. The summed E-state index contributed by atoms with van der Waals surface area (Å²) in [6.45, 7) is -0.704. The topological polar surface area (TPSA) is 72.3 Å². The monoisotopic (exact) mass is 366 g/mol. The van der Waals surface area contributed by atoms with Gasteiger partial charge in [0, 0.05) is 5.56 Å². The fourth-order valence-corrected chi connectivity index (χ4v) is 1.77. The molecule has 0 spiro atoms. The summed E-state index contributed by atoms with van der Waals surface area (Å²) < 4.78 is 81.6. The summed E-state index contributed by atoms with van der Waals surface area (Å²) >= 11 is 0. The number of carbonyl (C=O) groups is 1. The number of benzene rings is 1. The molecule has 134 valence electrons. The normalized spacial score (nSPS) is 12.1. The molecule has 5 nitrogen and oxygen atoms in total. The van der Waals surface area contributed by atoms with Gasteiger partial charge in [0.05, 0.1) is 23.5 Å². The van der Waals surface area contributed by atoms with Crippen molar-refractivity contribution in [2.75, 3.05) is 6.61 Å². The highest BCUT2D eigenvalue weighted by Crippen LogP contribution is 2.38. The van der Waals surface area contributed by atoms with Gasteiger partial charge in [-0.3, -0.25) is 0 Å². The Morgan fingerprint density at radius 3 is 1.84 bits per heavy atom. The second-order valence-corrected chi connectivity index (χ2v) is 4.72. The van der Waals surface area contributed by atoms with E-state index in [0.717, 1.165) is 12.4 Å². The molecule has 1 aromatic heterocycles. The van der Waals surface area contributed by atoms with Crippen LogP contribution in [0.15, 0.2) is 30.6 Å². The molecule has 2 aromatic rings. The highest BCUT2D eigenvalue weighted by molar-refractivity contribution is 5.68. The van der Waals surface area contributed by atoms with Gasteiger partial charge in [0.25, 0.3) is 0 Å². The Kier molecular flexibility index (Phi) is 4.86. The molecule has 1 heterocycles. The molecule has 0 bridgehead atoms. The number of aromatic nitrogens is 2. The van der Waals surface area contributed by atoms with Gasteiger partial charge in [0.2, 0.25) is 0 Å². The summed E-state index contributed by atoms with van der Waals surface area (Å²) in [6.07, 6.45) is -8.08. The average Bonchev–Trinajstić information content (AvgIpc) is 2.51. The quantitative estimate of drug-likeness (QED) is 0.837. The molecule has 0 amide bonds. The van der Waals surface area contributed by atoms with Crippen LogP contribution in [0.1, 0.15) is 11.1 Å². The lowest BCUT2D eigenvalue weighted by Gasteiger charge is -2.13. The van der Waals surface area contributed by atoms with Gasteiger partial charge in [-0.05, 0) is 18.2 Å². The molecule has 1 N–H and O–H groups in total. The fourth-order valence-electron chi connectivity index (χ4n) is 1.77. The van der Waals surface area contributed by atoms with Crippen LogP contribution in [0.3, 0.4) is 0 Å². The van der Waals surface area contributed by atoms with E-state index < -0.39 is 47.4 Å². The zero-order valence-corrected chi connectivity index (χ0v) is 12.0. The molecule has 0 saturated heterocycles. The van der Waals surface area contributed by atoms with Crippen LogP contribution >= 0.6 is 0 Å². The molecule has 0 fully saturated rings. The van der Waals surface area contributed by atoms with Crippen LogP contribution in [-0.2, 0) is 17.1 Å². The van der Waals surface area contributed by atoms with Gasteiger partial charge in [-0.2, -0.15) is 26.3 Å². The van der Waals surface area contributed by atoms with Crippen LogP contribution in [0.2, 0.25) is 0 Å². The largest absolute Gasteiger partial charge is 0.479 e. The van der Waals surface area contributed by atoms with Gasteiger partial charge in [-0.1, -0.05) is 0 Å². The Hall–Kier alpha value is -2.85. The van der Waals surface area contributed by atoms with Crippen molar-refractivity contribution in [3.05, 3.63) is 41.7 Å². The van der Waals surface area contributed by atoms with Gasteiger partial charge < -0.3 is 9.84 Å². The highest BCUT2D eigenvalue weighted by atomic mass is 19.4. The highest BCUT2D eigenvalue weighted by Gasteiger charge is 2.37. The van der Waals surface area contributed by atoms with Gasteiger partial charge in [0.15, 0.2) is 18.2 Å². The second-order valence-electron chi connectivity index (χ2n) is 4.72. The van der Waals surface area contributed by atoms with E-state index in [-0.39, 0.29) is 11.8 Å². The summed E-state index contributed by atoms with van der Waals surface area (Å²) in [5.41, 5.74) is -3.48. The number of alkyl halides is 6. The Bertz CT molecular complexity index is 739. The van der Waals surface area contributed by atoms with Crippen molar-refractivity contribution in [2.45, 2.75) is 12.4 Å². The molecule has 0 saturated carbocycles. The lowest BCUT2D eigenvalue weighted by Crippen LogP contribution is -2.11. The summed E-state index contributed by atoms with van der Waals surface area (Å²) in [6, 6.07) is 0.971. The molecule has 0 aliphatic rings. The molecule has 0 unspecified atom stereocenters. The van der Waals surface area contributed by atoms with Gasteiger partial charge >= 0.3 is 18.3 Å². The molecule has 2 rings (SSSR count). The van der Waals surface area contributed by atoms with Crippen molar-refractivity contribution in [1.29, 1.82) is 0 Å². The van der Waals surface area contributed by atoms with Crippen LogP contribution < -0.4 is 4.74 Å². The van der Waals surface area contributed by atoms with E-state index in [9.17, 15) is 31.1 Å². The number of carboxylic acid groups (broad SMARTS) is 1. The predicted octanol–water partition coefficient (Wildman–Crippen LogP) is 3.64. The number of hydrogen-bond acceptors (Lipinski definition) is 4. The van der Waals surface area contributed by atoms with Crippen molar-refractivity contribution in [1.82, 2.24) is 9.97 Å². The van der Waals surface area contributed by atoms with Crippen LogP contribution in [0.5, 0.6) is 5.75 Å². The number of rotatable bonds is 4. The minimum absolute atomic E-state index is 0.00611. The van der Waals surface area contributed by atoms with Gasteiger partial charge in [-0.25, -0.2) is 14.8 Å². The van der Waals surface area contributed by atoms with Crippen molar-refractivity contribution in [2.24, 2.45) is 0 Å². The lowest BCUT2D eigenvalue weighted by molar-refractivity contribution is -0.143. The van der Waals surface area contributed by atoms with Crippen LogP contribution in [-0.4, -0.2) is 27.7 Å². The first kappa shape index (κ1) is 18.5. The molecule has 0 atom stereocenters. The Morgan fingerprint density at radius 2 is 1.44 bits per heavy atom. The zero-order chi connectivity index (χ0) is 18.8. The molecular weight excluding hydrogens is 358 g/mol. The molecule has 1 aromatic carbocycles. The third kappa shape index (κ3) is 4.81. The van der Waals surface area contributed by atoms with Crippen LogP contribution in [0.4, 0.5) is 26.3 Å². The fraction of sp³-hybridized carbons (Fsp3) is 0.214. The van der Waals surface area contributed by atoms with Gasteiger partial charge in [0.1, 0.15) is 0 Å². The van der Waals surface area contributed by atoms with Crippen molar-refractivity contribution in [3.8, 4) is 17.1 Å². The summed E-state index contributed by atoms with van der Waals surface area (Å²) in [7, 11) is 0. The minimum atomic E-state index is -4.99. The Morgan fingerprint density at radius 1 is 0.960 bits per heavy atom. The van der Waals surface area contributed by atoms with E-state index in [1.807, 2.05) is 0 Å². The third-order valence-corrected chi connectivity index (χ3v) is 2.84. The second kappa shape index (κ2) is 6.57. The molecular formula is C14H8F6N2O3. The minimum Gasteiger partial charge on any atom is -0.479 e. The maximum Gasteiger partial charge on any atom is 0.416 e. The van der Waals surface area contributed by atoms with E-state index in [2.05, 4.69) is 9.97 Å². The van der Waals surface area contributed by atoms with Crippen LogP contribution in [0, 0.1) is 0 Å². The maximum atomic E-state index is 12.8. The number of aliphatic carboxylic acids is 1. The first-order valence-electron chi connectivity index (χ1n) is 6.43. The standard InChI is InChI=1S/C14H8F6N2O3/c15-13(16,17)8-1-7(2-9(3-8)14(18,19)20)12-21-4-10(5-22-12)25-6-11(23)24/h1-5H,6H2,(H,23,24). The molecule has 0 radical (unpaired) electrons. The summed E-state index contributed by atoms with van der Waals surface area (Å²) in [5.74, 6) is -1.79. The Balaban J connectivity index is 2.42. The van der Waals surface area contributed by atoms with E-state index in [0.29, 0.717) is 12.1 Å². The van der Waals surface area contributed by atoms with Crippen LogP contribution in [0.25, 0.3) is 11.4 Å². The van der Waals surface area contributed by atoms with E-state index in [1.165, 1.54) is 0 Å². The Labute approximate surface area is 135 Å². The molecule has 0 aliphatic carbocycles. The summed E-state index contributed by atoms with van der Waals surface area (Å²) in [5, 5.41) is 8.44. The molecule has 0 aliphatic heterocycles. The van der Waals surface area contributed by atoms with Crippen molar-refractivity contribution < 1.29 is 41.0 Å². The number of nitrogens with zero attached hydrogens (tertiary/aromatic N) is 2. The SMILES string of the molecule is O=C(O)COc1cnc(-c2cc(C(F)(F)F)cc(C(F)(F)F)c2)nc1. The van der Waals surface area contributed by atoms with E-state index in [1.54, 1.807) is 0 Å². The van der Waals surface area contributed by atoms with Crippen molar-refractivity contribution >= 4 is 5.97 Å². The smallest absolute Gasteiger partial charge is 0.416 e. The predicted molar refractivity (Wildman–Crippen MR) is 70.6 cm³/mol. The number of carboxylic acids is 1. The van der Waals surface area contributed by atoms with Gasteiger partial charge in [-0.15, -0.1) is 0 Å². The zero-order valence-electron chi connectivity index (χ0n) is 12.0. The lowest BCUT2D eigenvalue weighted by atomic mass is 10.0. The van der Waals surface area contributed by atoms with E-state index >= 15 is 0 Å². The first-order chi connectivity index (χ1) is 11.5. The first-order valence-corrected chi connectivity index (χ1v) is 6.43. The maximum absolute atomic E-state index is 12.8. The number of halogens is 6. The van der Waals surface area contributed by atoms with E-state index in [4.69, 9.17) is 9.84 Å². The summed E-state index contributed by atoms with van der Waals surface area (Å²) in [4.78, 5) is 17.6. The third-order valence-electron chi connectivity index (χ3n) is 2.84. The average molecular weight is 366 g/mol.